The van der Waals surface area contributed by atoms with Gasteiger partial charge in [-0.2, -0.15) is 0 Å². The number of nitrogens with zero attached hydrogens (tertiary/aromatic N) is 2. The van der Waals surface area contributed by atoms with Crippen molar-refractivity contribution in [2.24, 2.45) is 5.92 Å². The number of benzene rings is 3. The predicted molar refractivity (Wildman–Crippen MR) is 186 cm³/mol. The number of furan rings is 1. The Morgan fingerprint density at radius 2 is 1.57 bits per heavy atom. The van der Waals surface area contributed by atoms with Gasteiger partial charge in [-0.15, -0.1) is 0 Å². The van der Waals surface area contributed by atoms with Crippen LogP contribution in [0, 0.1) is 5.92 Å². The first-order chi connectivity index (χ1) is 22.6. The lowest BCUT2D eigenvalue weighted by atomic mass is 9.86. The molecule has 0 spiro atoms. The summed E-state index contributed by atoms with van der Waals surface area (Å²) in [5, 5.41) is 3.79. The number of nitrogens with one attached hydrogen (secondary N) is 1. The van der Waals surface area contributed by atoms with E-state index in [2.05, 4.69) is 35.1 Å². The molecule has 244 valence electrons. The van der Waals surface area contributed by atoms with Gasteiger partial charge >= 0.3 is 0 Å². The van der Waals surface area contributed by atoms with Gasteiger partial charge in [0.25, 0.3) is 0 Å². The Bertz CT molecular complexity index is 1800. The molecule has 2 aliphatic heterocycles. The monoisotopic (exact) mass is 697 g/mol. The Kier molecular flexibility index (Phi) is 9.64. The summed E-state index contributed by atoms with van der Waals surface area (Å²) < 4.78 is 6.99. The summed E-state index contributed by atoms with van der Waals surface area (Å²) in [6.45, 7) is 6.81. The molecule has 1 aromatic heterocycles. The van der Waals surface area contributed by atoms with Crippen molar-refractivity contribution in [3.8, 4) is 11.3 Å². The molecule has 3 heterocycles. The molecule has 9 heteroatoms. The molecule has 1 N–H and O–H groups in total. The number of fused-ring (bicyclic) bond motifs is 1. The standard InChI is InChI=1S/C38H40BrN3O5/c1-23(2)34(26-9-5-4-6-10-26)38(46)42-20-7-11-30(42)32(44)22-25-13-18-33-29(21-25)35(39)36(47-33)27-14-16-28(17-15-27)40-37(45)31-12-8-19-41(31)24(3)43/h4-6,9-10,13-18,21,23,30-31,34H,7-8,11-12,19-20,22H2,1-3H3,(H,40,45)/t30-,31-,34+/m0/s1. The van der Waals surface area contributed by atoms with E-state index < -0.39 is 12.1 Å². The lowest BCUT2D eigenvalue weighted by molar-refractivity contribution is -0.139. The highest BCUT2D eigenvalue weighted by Crippen LogP contribution is 2.39. The van der Waals surface area contributed by atoms with Gasteiger partial charge in [-0.05, 0) is 95.1 Å². The molecule has 6 rings (SSSR count). The van der Waals surface area contributed by atoms with Crippen molar-refractivity contribution >= 4 is 56.1 Å². The second-order valence-electron chi connectivity index (χ2n) is 13.0. The molecule has 3 atom stereocenters. The molecule has 0 bridgehead atoms. The Hall–Kier alpha value is -4.24. The van der Waals surface area contributed by atoms with Gasteiger partial charge < -0.3 is 19.5 Å². The van der Waals surface area contributed by atoms with Crippen LogP contribution < -0.4 is 5.32 Å². The van der Waals surface area contributed by atoms with E-state index in [9.17, 15) is 19.2 Å². The lowest BCUT2D eigenvalue weighted by Crippen LogP contribution is -2.44. The number of Topliss-reactive ketones (excluding diaryl/α,β-unsaturated/α-hetero) is 1. The third-order valence-corrected chi connectivity index (χ3v) is 10.2. The zero-order chi connectivity index (χ0) is 33.2. The highest BCUT2D eigenvalue weighted by Gasteiger charge is 2.38. The van der Waals surface area contributed by atoms with Gasteiger partial charge in [0.15, 0.2) is 5.78 Å². The summed E-state index contributed by atoms with van der Waals surface area (Å²) in [7, 11) is 0. The second kappa shape index (κ2) is 13.9. The molecule has 0 saturated carbocycles. The fraction of sp³-hybridized carbons (Fsp3) is 0.368. The SMILES string of the molecule is CC(=O)N1CCC[C@H]1C(=O)Nc1ccc(-c2oc3ccc(CC(=O)[C@@H]4CCCN4C(=O)[C@@H](c4ccccc4)C(C)C)cc3c2Br)cc1. The summed E-state index contributed by atoms with van der Waals surface area (Å²) in [4.78, 5) is 55.6. The van der Waals surface area contributed by atoms with Crippen LogP contribution in [0.15, 0.2) is 81.7 Å². The van der Waals surface area contributed by atoms with E-state index in [1.54, 1.807) is 4.90 Å². The summed E-state index contributed by atoms with van der Waals surface area (Å²) in [5.41, 5.74) is 4.01. The third-order valence-electron chi connectivity index (χ3n) is 9.44. The highest BCUT2D eigenvalue weighted by atomic mass is 79.9. The van der Waals surface area contributed by atoms with E-state index in [1.165, 1.54) is 6.92 Å². The zero-order valence-corrected chi connectivity index (χ0v) is 28.6. The molecule has 2 saturated heterocycles. The largest absolute Gasteiger partial charge is 0.455 e. The van der Waals surface area contributed by atoms with Crippen LogP contribution in [0.1, 0.15) is 63.5 Å². The topological polar surface area (TPSA) is 99.9 Å². The smallest absolute Gasteiger partial charge is 0.247 e. The normalized spacial score (nSPS) is 18.6. The molecule has 3 amide bonds. The van der Waals surface area contributed by atoms with E-state index in [-0.39, 0.29) is 41.8 Å². The molecule has 0 unspecified atom stereocenters. The number of amides is 3. The maximum absolute atomic E-state index is 13.8. The number of rotatable bonds is 9. The highest BCUT2D eigenvalue weighted by molar-refractivity contribution is 9.10. The minimum Gasteiger partial charge on any atom is -0.455 e. The quantitative estimate of drug-likeness (QED) is 0.197. The van der Waals surface area contributed by atoms with Crippen LogP contribution in [0.5, 0.6) is 0 Å². The molecule has 2 aliphatic rings. The zero-order valence-electron chi connectivity index (χ0n) is 27.0. The lowest BCUT2D eigenvalue weighted by Gasteiger charge is -2.30. The number of carbonyl (C=O) groups is 4. The van der Waals surface area contributed by atoms with Crippen molar-refractivity contribution < 1.29 is 23.6 Å². The fourth-order valence-electron chi connectivity index (χ4n) is 7.09. The van der Waals surface area contributed by atoms with Gasteiger partial charge in [0, 0.05) is 43.1 Å². The Morgan fingerprint density at radius 3 is 2.26 bits per heavy atom. The Labute approximate surface area is 283 Å². The van der Waals surface area contributed by atoms with E-state index in [0.29, 0.717) is 43.0 Å². The third kappa shape index (κ3) is 6.77. The minimum atomic E-state index is -0.443. The summed E-state index contributed by atoms with van der Waals surface area (Å²) in [6.07, 6.45) is 3.20. The number of anilines is 1. The molecule has 4 aromatic rings. The van der Waals surface area contributed by atoms with Crippen molar-refractivity contribution in [3.63, 3.8) is 0 Å². The minimum absolute atomic E-state index is 0.0295. The van der Waals surface area contributed by atoms with Crippen molar-refractivity contribution in [1.82, 2.24) is 9.80 Å². The second-order valence-corrected chi connectivity index (χ2v) is 13.8. The van der Waals surface area contributed by atoms with Gasteiger partial charge in [0.1, 0.15) is 17.4 Å². The van der Waals surface area contributed by atoms with Crippen LogP contribution in [-0.2, 0) is 25.6 Å². The first kappa shape index (κ1) is 32.7. The summed E-state index contributed by atoms with van der Waals surface area (Å²) in [6, 6.07) is 22.1. The van der Waals surface area contributed by atoms with Crippen LogP contribution in [0.3, 0.4) is 0 Å². The molecule has 2 fully saturated rings. The van der Waals surface area contributed by atoms with Crippen LogP contribution in [0.4, 0.5) is 5.69 Å². The predicted octanol–water partition coefficient (Wildman–Crippen LogP) is 7.35. The van der Waals surface area contributed by atoms with E-state index in [4.69, 9.17) is 4.42 Å². The Morgan fingerprint density at radius 1 is 0.894 bits per heavy atom. The molecular formula is C38H40BrN3O5. The van der Waals surface area contributed by atoms with Crippen molar-refractivity contribution in [2.45, 2.75) is 70.9 Å². The van der Waals surface area contributed by atoms with Gasteiger partial charge in [-0.3, -0.25) is 19.2 Å². The van der Waals surface area contributed by atoms with E-state index in [0.717, 1.165) is 39.4 Å². The summed E-state index contributed by atoms with van der Waals surface area (Å²) >= 11 is 3.72. The van der Waals surface area contributed by atoms with Crippen LogP contribution in [-0.4, -0.2) is 58.5 Å². The first-order valence-corrected chi connectivity index (χ1v) is 17.2. The number of hydrogen-bond donors (Lipinski definition) is 1. The molecule has 47 heavy (non-hydrogen) atoms. The average Bonchev–Trinajstić information content (AvgIpc) is 3.82. The van der Waals surface area contributed by atoms with Crippen LogP contribution in [0.2, 0.25) is 0 Å². The van der Waals surface area contributed by atoms with Gasteiger partial charge in [-0.1, -0.05) is 50.2 Å². The van der Waals surface area contributed by atoms with Crippen molar-refractivity contribution in [2.75, 3.05) is 18.4 Å². The number of carbonyl (C=O) groups excluding carboxylic acids is 4. The number of hydrogen-bond acceptors (Lipinski definition) is 5. The number of halogens is 1. The van der Waals surface area contributed by atoms with Crippen LogP contribution >= 0.6 is 15.9 Å². The maximum atomic E-state index is 13.8. The molecule has 8 nitrogen and oxygen atoms in total. The number of ketones is 1. The first-order valence-electron chi connectivity index (χ1n) is 16.4. The van der Waals surface area contributed by atoms with Crippen LogP contribution in [0.25, 0.3) is 22.3 Å². The number of likely N-dealkylation sites (tertiary alicyclic amines) is 2. The van der Waals surface area contributed by atoms with Crippen molar-refractivity contribution in [1.29, 1.82) is 0 Å². The fourth-order valence-corrected chi connectivity index (χ4v) is 7.71. The molecular weight excluding hydrogens is 658 g/mol. The van der Waals surface area contributed by atoms with Gasteiger partial charge in [-0.25, -0.2) is 0 Å². The average molecular weight is 699 g/mol. The van der Waals surface area contributed by atoms with E-state index >= 15 is 0 Å². The summed E-state index contributed by atoms with van der Waals surface area (Å²) in [5.74, 6) is 0.285. The molecule has 0 aliphatic carbocycles. The van der Waals surface area contributed by atoms with Gasteiger partial charge in [0.05, 0.1) is 16.4 Å². The maximum Gasteiger partial charge on any atom is 0.247 e. The Balaban J connectivity index is 1.15. The van der Waals surface area contributed by atoms with Gasteiger partial charge in [0.2, 0.25) is 17.7 Å². The molecule has 3 aromatic carbocycles. The van der Waals surface area contributed by atoms with E-state index in [1.807, 2.05) is 77.7 Å². The van der Waals surface area contributed by atoms with Crippen molar-refractivity contribution in [3.05, 3.63) is 88.4 Å². The molecule has 0 radical (unpaired) electrons.